The zero-order valence-corrected chi connectivity index (χ0v) is 9.88. The highest BCUT2D eigenvalue weighted by Gasteiger charge is 2.16. The Morgan fingerprint density at radius 3 is 2.36 bits per heavy atom. The molecule has 0 N–H and O–H groups in total. The number of halogens is 1. The molecule has 2 heteroatoms. The van der Waals surface area contributed by atoms with Crippen molar-refractivity contribution in [3.05, 3.63) is 30.1 Å². The average molecular weight is 212 g/mol. The van der Waals surface area contributed by atoms with Crippen LogP contribution in [0, 0.1) is 5.41 Å². The van der Waals surface area contributed by atoms with Crippen molar-refractivity contribution in [2.45, 2.75) is 39.0 Å². The molecular formula is C12H18ClN. The molecule has 0 bridgehead atoms. The normalized spacial score (nSPS) is 14.0. The van der Waals surface area contributed by atoms with Gasteiger partial charge < -0.3 is 0 Å². The van der Waals surface area contributed by atoms with Crippen LogP contribution in [0.25, 0.3) is 0 Å². The van der Waals surface area contributed by atoms with Crippen molar-refractivity contribution >= 4 is 11.6 Å². The molecule has 0 aliphatic heterocycles. The van der Waals surface area contributed by atoms with Crippen LogP contribution in [0.1, 0.15) is 32.8 Å². The molecule has 0 radical (unpaired) electrons. The van der Waals surface area contributed by atoms with Crippen LogP contribution in [-0.4, -0.2) is 10.4 Å². The van der Waals surface area contributed by atoms with Gasteiger partial charge in [-0.2, -0.15) is 0 Å². The van der Waals surface area contributed by atoms with Gasteiger partial charge in [0.05, 0.1) is 0 Å². The molecule has 0 spiro atoms. The quantitative estimate of drug-likeness (QED) is 0.696. The maximum atomic E-state index is 6.28. The predicted octanol–water partition coefficient (Wildman–Crippen LogP) is 3.67. The number of nitrogens with zero attached hydrogens (tertiary/aromatic N) is 1. The van der Waals surface area contributed by atoms with Gasteiger partial charge in [-0.05, 0) is 36.0 Å². The van der Waals surface area contributed by atoms with E-state index in [9.17, 15) is 0 Å². The van der Waals surface area contributed by atoms with Crippen LogP contribution < -0.4 is 0 Å². The SMILES string of the molecule is CC(C)(C)CC(Cl)Cc1ccncc1. The number of pyridine rings is 1. The molecule has 1 rings (SSSR count). The Balaban J connectivity index is 2.46. The lowest BCUT2D eigenvalue weighted by Gasteiger charge is -2.21. The first-order valence-corrected chi connectivity index (χ1v) is 5.44. The van der Waals surface area contributed by atoms with Crippen molar-refractivity contribution in [3.63, 3.8) is 0 Å². The summed E-state index contributed by atoms with van der Waals surface area (Å²) < 4.78 is 0. The van der Waals surface area contributed by atoms with E-state index in [0.717, 1.165) is 12.8 Å². The van der Waals surface area contributed by atoms with Crippen LogP contribution in [-0.2, 0) is 6.42 Å². The van der Waals surface area contributed by atoms with Crippen molar-refractivity contribution < 1.29 is 0 Å². The second kappa shape index (κ2) is 4.79. The summed E-state index contributed by atoms with van der Waals surface area (Å²) in [4.78, 5) is 3.98. The molecule has 0 aliphatic rings. The number of alkyl halides is 1. The van der Waals surface area contributed by atoms with Gasteiger partial charge in [-0.25, -0.2) is 0 Å². The second-order valence-electron chi connectivity index (χ2n) is 4.92. The molecule has 1 heterocycles. The Hall–Kier alpha value is -0.560. The fourth-order valence-electron chi connectivity index (χ4n) is 1.51. The van der Waals surface area contributed by atoms with E-state index in [2.05, 4.69) is 25.8 Å². The molecule has 1 aromatic rings. The third-order valence-electron chi connectivity index (χ3n) is 2.04. The summed E-state index contributed by atoms with van der Waals surface area (Å²) in [6.45, 7) is 6.65. The zero-order valence-electron chi connectivity index (χ0n) is 9.13. The Morgan fingerprint density at radius 2 is 1.86 bits per heavy atom. The summed E-state index contributed by atoms with van der Waals surface area (Å²) in [5.41, 5.74) is 1.57. The summed E-state index contributed by atoms with van der Waals surface area (Å²) in [5.74, 6) is 0. The van der Waals surface area contributed by atoms with Crippen molar-refractivity contribution in [1.82, 2.24) is 4.98 Å². The zero-order chi connectivity index (χ0) is 10.6. The summed E-state index contributed by atoms with van der Waals surface area (Å²) in [6.07, 6.45) is 5.60. The van der Waals surface area contributed by atoms with Crippen molar-refractivity contribution in [2.75, 3.05) is 0 Å². The number of rotatable bonds is 3. The van der Waals surface area contributed by atoms with E-state index < -0.39 is 0 Å². The van der Waals surface area contributed by atoms with Crippen molar-refractivity contribution in [1.29, 1.82) is 0 Å². The smallest absolute Gasteiger partial charge is 0.0381 e. The van der Waals surface area contributed by atoms with E-state index in [-0.39, 0.29) is 5.38 Å². The maximum Gasteiger partial charge on any atom is 0.0381 e. The largest absolute Gasteiger partial charge is 0.265 e. The van der Waals surface area contributed by atoms with Gasteiger partial charge in [-0.15, -0.1) is 11.6 Å². The fourth-order valence-corrected chi connectivity index (χ4v) is 2.15. The van der Waals surface area contributed by atoms with E-state index in [0.29, 0.717) is 5.41 Å². The Bertz CT molecular complexity index is 263. The summed E-state index contributed by atoms with van der Waals surface area (Å²) in [6, 6.07) is 4.05. The van der Waals surface area contributed by atoms with Crippen LogP contribution in [0.15, 0.2) is 24.5 Å². The highest BCUT2D eigenvalue weighted by molar-refractivity contribution is 6.20. The van der Waals surface area contributed by atoms with Gasteiger partial charge in [0.1, 0.15) is 0 Å². The molecule has 0 amide bonds. The molecule has 0 saturated heterocycles. The van der Waals surface area contributed by atoms with Gasteiger partial charge >= 0.3 is 0 Å². The molecule has 0 aliphatic carbocycles. The lowest BCUT2D eigenvalue weighted by atomic mass is 9.89. The average Bonchev–Trinajstić information content (AvgIpc) is 2.02. The van der Waals surface area contributed by atoms with E-state index >= 15 is 0 Å². The molecular weight excluding hydrogens is 194 g/mol. The number of hydrogen-bond acceptors (Lipinski definition) is 1. The van der Waals surface area contributed by atoms with E-state index in [1.165, 1.54) is 5.56 Å². The van der Waals surface area contributed by atoms with E-state index in [1.807, 2.05) is 24.5 Å². The van der Waals surface area contributed by atoms with Crippen LogP contribution >= 0.6 is 11.6 Å². The van der Waals surface area contributed by atoms with E-state index in [1.54, 1.807) is 0 Å². The third kappa shape index (κ3) is 4.61. The minimum Gasteiger partial charge on any atom is -0.265 e. The topological polar surface area (TPSA) is 12.9 Å². The molecule has 1 nitrogen and oxygen atoms in total. The monoisotopic (exact) mass is 211 g/mol. The molecule has 14 heavy (non-hydrogen) atoms. The standard InChI is InChI=1S/C12H18ClN/c1-12(2,3)9-11(13)8-10-4-6-14-7-5-10/h4-7,11H,8-9H2,1-3H3. The third-order valence-corrected chi connectivity index (χ3v) is 2.35. The highest BCUT2D eigenvalue weighted by atomic mass is 35.5. The molecule has 0 fully saturated rings. The fraction of sp³-hybridized carbons (Fsp3) is 0.583. The minimum absolute atomic E-state index is 0.220. The van der Waals surface area contributed by atoms with Gasteiger partial charge in [-0.1, -0.05) is 20.8 Å². The summed E-state index contributed by atoms with van der Waals surface area (Å²) in [7, 11) is 0. The van der Waals surface area contributed by atoms with Crippen molar-refractivity contribution in [3.8, 4) is 0 Å². The van der Waals surface area contributed by atoms with Crippen LogP contribution in [0.2, 0.25) is 0 Å². The molecule has 78 valence electrons. The maximum absolute atomic E-state index is 6.28. The second-order valence-corrected chi connectivity index (χ2v) is 5.54. The highest BCUT2D eigenvalue weighted by Crippen LogP contribution is 2.25. The number of aromatic nitrogens is 1. The van der Waals surface area contributed by atoms with Gasteiger partial charge in [0.2, 0.25) is 0 Å². The van der Waals surface area contributed by atoms with Gasteiger partial charge in [0.15, 0.2) is 0 Å². The van der Waals surface area contributed by atoms with Crippen LogP contribution in [0.5, 0.6) is 0 Å². The van der Waals surface area contributed by atoms with Crippen molar-refractivity contribution in [2.24, 2.45) is 5.41 Å². The first-order chi connectivity index (χ1) is 6.47. The molecule has 1 unspecified atom stereocenters. The lowest BCUT2D eigenvalue weighted by Crippen LogP contribution is -2.15. The Morgan fingerprint density at radius 1 is 1.29 bits per heavy atom. The molecule has 0 aromatic carbocycles. The Kier molecular flexibility index (Phi) is 3.94. The minimum atomic E-state index is 0.220. The molecule has 0 saturated carbocycles. The van der Waals surface area contributed by atoms with Crippen LogP contribution in [0.3, 0.4) is 0 Å². The first-order valence-electron chi connectivity index (χ1n) is 5.00. The molecule has 1 aromatic heterocycles. The summed E-state index contributed by atoms with van der Waals surface area (Å²) >= 11 is 6.28. The predicted molar refractivity (Wildman–Crippen MR) is 61.7 cm³/mol. The van der Waals surface area contributed by atoms with Gasteiger partial charge in [0, 0.05) is 17.8 Å². The number of hydrogen-bond donors (Lipinski definition) is 0. The lowest BCUT2D eigenvalue weighted by molar-refractivity contribution is 0.369. The van der Waals surface area contributed by atoms with Crippen LogP contribution in [0.4, 0.5) is 0 Å². The Labute approximate surface area is 91.5 Å². The summed E-state index contributed by atoms with van der Waals surface area (Å²) in [5, 5.41) is 0.220. The van der Waals surface area contributed by atoms with E-state index in [4.69, 9.17) is 11.6 Å². The molecule has 1 atom stereocenters. The van der Waals surface area contributed by atoms with Gasteiger partial charge in [-0.3, -0.25) is 4.98 Å². The van der Waals surface area contributed by atoms with Gasteiger partial charge in [0.25, 0.3) is 0 Å². The first kappa shape index (κ1) is 11.5.